The number of carbonyl (C=O) groups is 2. The quantitative estimate of drug-likeness (QED) is 0.322. The molecule has 4 N–H and O–H groups in total. The molecule has 3 aliphatic rings. The molecule has 31 heavy (non-hydrogen) atoms. The summed E-state index contributed by atoms with van der Waals surface area (Å²) in [7, 11) is 0. The van der Waals surface area contributed by atoms with Gasteiger partial charge in [0.25, 0.3) is 5.91 Å². The van der Waals surface area contributed by atoms with Crippen LogP contribution < -0.4 is 21.3 Å². The first-order valence-corrected chi connectivity index (χ1v) is 11.9. The van der Waals surface area contributed by atoms with E-state index in [1.54, 1.807) is 6.92 Å². The molecular weight excluding hydrogens is 418 g/mol. The highest BCUT2D eigenvalue weighted by Crippen LogP contribution is 2.40. The zero-order chi connectivity index (χ0) is 22.0. The third-order valence-corrected chi connectivity index (χ3v) is 7.14. The molecule has 1 atom stereocenters. The van der Waals surface area contributed by atoms with Crippen molar-refractivity contribution in [3.8, 4) is 0 Å². The summed E-state index contributed by atoms with van der Waals surface area (Å²) in [4.78, 5) is 37.3. The number of thiophene rings is 1. The van der Waals surface area contributed by atoms with Crippen molar-refractivity contribution >= 4 is 28.2 Å². The summed E-state index contributed by atoms with van der Waals surface area (Å²) in [6.45, 7) is 2.93. The maximum Gasteiger partial charge on any atom is 0.331 e. The first-order chi connectivity index (χ1) is 15.0. The van der Waals surface area contributed by atoms with Crippen LogP contribution in [0.25, 0.3) is 0 Å². The lowest BCUT2D eigenvalue weighted by molar-refractivity contribution is -0.432. The number of anilines is 1. The first-order valence-electron chi connectivity index (χ1n) is 11.0. The normalized spacial score (nSPS) is 20.5. The number of nitrogens with zero attached hydrogens (tertiary/aromatic N) is 1. The Balaban J connectivity index is 1.52. The number of nitro groups is 1. The SMILES string of the molecule is CCNC(=CNC1CCc2sc(NC(=O)C3CC3)c(C(=O)NCC3CC3)c2C1)[N+](=O)[O-]. The molecule has 0 bridgehead atoms. The largest absolute Gasteiger partial charge is 0.381 e. The van der Waals surface area contributed by atoms with Gasteiger partial charge in [-0.25, -0.2) is 0 Å². The van der Waals surface area contributed by atoms with E-state index in [4.69, 9.17) is 0 Å². The fourth-order valence-electron chi connectivity index (χ4n) is 3.81. The Hall–Kier alpha value is -2.62. The van der Waals surface area contributed by atoms with Gasteiger partial charge in [-0.05, 0) is 68.3 Å². The van der Waals surface area contributed by atoms with E-state index in [0.717, 1.165) is 49.0 Å². The Labute approximate surface area is 185 Å². The van der Waals surface area contributed by atoms with Gasteiger partial charge in [-0.15, -0.1) is 11.3 Å². The van der Waals surface area contributed by atoms with Crippen molar-refractivity contribution in [1.29, 1.82) is 0 Å². The zero-order valence-corrected chi connectivity index (χ0v) is 18.5. The van der Waals surface area contributed by atoms with Crippen LogP contribution in [-0.4, -0.2) is 35.9 Å². The average molecular weight is 448 g/mol. The third kappa shape index (κ3) is 5.36. The smallest absolute Gasteiger partial charge is 0.331 e. The number of carbonyl (C=O) groups excluding carboxylic acids is 2. The van der Waals surface area contributed by atoms with Crippen molar-refractivity contribution in [1.82, 2.24) is 16.0 Å². The molecule has 1 unspecified atom stereocenters. The van der Waals surface area contributed by atoms with Crippen LogP contribution in [-0.2, 0) is 17.6 Å². The van der Waals surface area contributed by atoms with E-state index in [1.807, 2.05) is 0 Å². The van der Waals surface area contributed by atoms with Crippen LogP contribution in [0.4, 0.5) is 5.00 Å². The van der Waals surface area contributed by atoms with E-state index < -0.39 is 4.92 Å². The predicted molar refractivity (Wildman–Crippen MR) is 118 cm³/mol. The summed E-state index contributed by atoms with van der Waals surface area (Å²) in [6.07, 6.45) is 7.68. The average Bonchev–Trinajstić information content (AvgIpc) is 3.65. The minimum atomic E-state index is -0.447. The Morgan fingerprint density at radius 1 is 1.19 bits per heavy atom. The molecule has 0 aromatic carbocycles. The molecule has 4 rings (SSSR count). The molecule has 1 aromatic rings. The van der Waals surface area contributed by atoms with Crippen LogP contribution >= 0.6 is 11.3 Å². The van der Waals surface area contributed by atoms with Gasteiger partial charge in [0.2, 0.25) is 5.91 Å². The highest BCUT2D eigenvalue weighted by atomic mass is 32.1. The third-order valence-electron chi connectivity index (χ3n) is 5.93. The van der Waals surface area contributed by atoms with Crippen molar-refractivity contribution in [2.75, 3.05) is 18.4 Å². The standard InChI is InChI=1S/C21H29N5O4S/c1-2-22-17(26(29)30)11-23-14-7-8-16-15(9-14)18(20(28)24-10-12-3-4-12)21(31-16)25-19(27)13-5-6-13/h11-14,22-23H,2-10H2,1H3,(H,24,28)(H,25,27). The van der Waals surface area contributed by atoms with Crippen molar-refractivity contribution in [2.24, 2.45) is 11.8 Å². The predicted octanol–water partition coefficient (Wildman–Crippen LogP) is 2.37. The molecule has 0 spiro atoms. The molecule has 0 radical (unpaired) electrons. The number of aryl methyl sites for hydroxylation is 1. The summed E-state index contributed by atoms with van der Waals surface area (Å²) >= 11 is 1.50. The lowest BCUT2D eigenvalue weighted by atomic mass is 9.91. The van der Waals surface area contributed by atoms with Crippen LogP contribution in [0.3, 0.4) is 0 Å². The highest BCUT2D eigenvalue weighted by molar-refractivity contribution is 7.17. The lowest BCUT2D eigenvalue weighted by Gasteiger charge is -2.23. The molecular formula is C21H29N5O4S. The molecule has 168 valence electrons. The molecule has 1 heterocycles. The van der Waals surface area contributed by atoms with Gasteiger partial charge in [-0.2, -0.15) is 0 Å². The van der Waals surface area contributed by atoms with E-state index in [9.17, 15) is 19.7 Å². The maximum absolute atomic E-state index is 13.1. The lowest BCUT2D eigenvalue weighted by Crippen LogP contribution is -2.34. The molecule has 1 aromatic heterocycles. The van der Waals surface area contributed by atoms with E-state index in [1.165, 1.54) is 17.5 Å². The van der Waals surface area contributed by atoms with Crippen molar-refractivity contribution in [3.63, 3.8) is 0 Å². The second kappa shape index (κ2) is 9.25. The van der Waals surface area contributed by atoms with Gasteiger partial charge in [-0.3, -0.25) is 14.9 Å². The fourth-order valence-corrected chi connectivity index (χ4v) is 5.05. The zero-order valence-electron chi connectivity index (χ0n) is 17.7. The number of hydrogen-bond acceptors (Lipinski definition) is 7. The minimum Gasteiger partial charge on any atom is -0.381 e. The molecule has 0 saturated heterocycles. The van der Waals surface area contributed by atoms with Crippen LogP contribution in [0.15, 0.2) is 12.0 Å². The van der Waals surface area contributed by atoms with Gasteiger partial charge in [-0.1, -0.05) is 0 Å². The second-order valence-electron chi connectivity index (χ2n) is 8.55. The van der Waals surface area contributed by atoms with Crippen LogP contribution in [0.1, 0.15) is 59.8 Å². The molecule has 2 saturated carbocycles. The Morgan fingerprint density at radius 2 is 1.97 bits per heavy atom. The van der Waals surface area contributed by atoms with E-state index >= 15 is 0 Å². The summed E-state index contributed by atoms with van der Waals surface area (Å²) < 4.78 is 0. The Kier molecular flexibility index (Phi) is 6.45. The maximum atomic E-state index is 13.1. The minimum absolute atomic E-state index is 0.00582. The van der Waals surface area contributed by atoms with Gasteiger partial charge in [0, 0.05) is 23.4 Å². The molecule has 2 fully saturated rings. The first kappa shape index (κ1) is 21.6. The van der Waals surface area contributed by atoms with E-state index in [2.05, 4.69) is 21.3 Å². The topological polar surface area (TPSA) is 125 Å². The van der Waals surface area contributed by atoms with Gasteiger partial charge in [0.1, 0.15) is 5.00 Å². The van der Waals surface area contributed by atoms with Crippen LogP contribution in [0, 0.1) is 22.0 Å². The van der Waals surface area contributed by atoms with Gasteiger partial charge >= 0.3 is 5.82 Å². The van der Waals surface area contributed by atoms with Crippen molar-refractivity contribution in [3.05, 3.63) is 38.1 Å². The summed E-state index contributed by atoms with van der Waals surface area (Å²) in [5, 5.41) is 23.7. The number of amides is 2. The Morgan fingerprint density at radius 3 is 2.61 bits per heavy atom. The second-order valence-corrected chi connectivity index (χ2v) is 9.65. The van der Waals surface area contributed by atoms with E-state index in [-0.39, 0.29) is 29.6 Å². The monoisotopic (exact) mass is 447 g/mol. The summed E-state index contributed by atoms with van der Waals surface area (Å²) in [5.74, 6) is 0.416. The van der Waals surface area contributed by atoms with Crippen LogP contribution in [0.5, 0.6) is 0 Å². The number of fused-ring (bicyclic) bond motifs is 1. The molecule has 2 amide bonds. The van der Waals surface area contributed by atoms with E-state index in [0.29, 0.717) is 36.0 Å². The number of nitrogens with one attached hydrogen (secondary N) is 4. The molecule has 9 nitrogen and oxygen atoms in total. The van der Waals surface area contributed by atoms with Crippen molar-refractivity contribution < 1.29 is 14.5 Å². The van der Waals surface area contributed by atoms with Gasteiger partial charge in [0.15, 0.2) is 0 Å². The summed E-state index contributed by atoms with van der Waals surface area (Å²) in [5.41, 5.74) is 1.53. The number of rotatable bonds is 10. The van der Waals surface area contributed by atoms with Crippen molar-refractivity contribution in [2.45, 2.75) is 57.9 Å². The molecule has 10 heteroatoms. The Bertz CT molecular complexity index is 904. The van der Waals surface area contributed by atoms with Gasteiger partial charge < -0.3 is 26.1 Å². The highest BCUT2D eigenvalue weighted by Gasteiger charge is 2.34. The van der Waals surface area contributed by atoms with Crippen LogP contribution in [0.2, 0.25) is 0 Å². The van der Waals surface area contributed by atoms with Gasteiger partial charge in [0.05, 0.1) is 18.3 Å². The fraction of sp³-hybridized carbons (Fsp3) is 0.619. The molecule has 3 aliphatic carbocycles. The summed E-state index contributed by atoms with van der Waals surface area (Å²) in [6, 6.07) is -0.0160. The molecule has 0 aliphatic heterocycles. The number of hydrogen-bond donors (Lipinski definition) is 4.